The second-order valence-corrected chi connectivity index (χ2v) is 11.9. The van der Waals surface area contributed by atoms with Gasteiger partial charge in [-0.2, -0.15) is 15.5 Å². The van der Waals surface area contributed by atoms with Crippen molar-refractivity contribution in [2.45, 2.75) is 25.3 Å². The van der Waals surface area contributed by atoms with E-state index in [-0.39, 0.29) is 17.1 Å². The number of anilines is 1. The Balaban J connectivity index is 1.09. The van der Waals surface area contributed by atoms with Crippen LogP contribution in [0.4, 0.5) is 5.82 Å². The summed E-state index contributed by atoms with van der Waals surface area (Å²) in [5.41, 5.74) is 4.40. The molecule has 1 N–H and O–H groups in total. The summed E-state index contributed by atoms with van der Waals surface area (Å²) < 4.78 is 3.46. The standard InChI is InChI=1S/C30H27ClN10O/c1-30(38-29(42)27-24(31)4-3-5-33-27)7-19-15-40(16-20(19)8-30)26-13-34-25(12-35-26)23-6-18(22-11-36-39(2)14-22)17-41-28(23)21(9-32)10-37-41/h3-6,10-14,17,19-20H,7-8,15-16H2,1-2H3,(H,38,42)/t19-,20+,30?. The van der Waals surface area contributed by atoms with E-state index in [2.05, 4.69) is 38.4 Å². The highest BCUT2D eigenvalue weighted by molar-refractivity contribution is 6.33. The number of carbonyl (C=O) groups is 1. The monoisotopic (exact) mass is 578 g/mol. The van der Waals surface area contributed by atoms with Gasteiger partial charge in [-0.1, -0.05) is 11.6 Å². The predicted molar refractivity (Wildman–Crippen MR) is 157 cm³/mol. The highest BCUT2D eigenvalue weighted by atomic mass is 35.5. The maximum absolute atomic E-state index is 12.9. The van der Waals surface area contributed by atoms with Crippen molar-refractivity contribution in [3.05, 3.63) is 77.9 Å². The van der Waals surface area contributed by atoms with E-state index in [0.29, 0.717) is 33.6 Å². The quantitative estimate of drug-likeness (QED) is 0.329. The minimum atomic E-state index is -0.316. The average molecular weight is 579 g/mol. The zero-order valence-corrected chi connectivity index (χ0v) is 23.8. The van der Waals surface area contributed by atoms with Crippen LogP contribution in [0.5, 0.6) is 0 Å². The third-order valence-corrected chi connectivity index (χ3v) is 8.70. The molecule has 1 saturated carbocycles. The summed E-state index contributed by atoms with van der Waals surface area (Å²) in [5.74, 6) is 1.43. The Bertz CT molecular complexity index is 1860. The highest BCUT2D eigenvalue weighted by Gasteiger charge is 2.48. The summed E-state index contributed by atoms with van der Waals surface area (Å²) in [7, 11) is 1.87. The Morgan fingerprint density at radius 1 is 1.07 bits per heavy atom. The predicted octanol–water partition coefficient (Wildman–Crippen LogP) is 4.15. The smallest absolute Gasteiger partial charge is 0.271 e. The number of carbonyl (C=O) groups excluding carboxylic acids is 1. The maximum atomic E-state index is 12.9. The van der Waals surface area contributed by atoms with E-state index in [1.165, 1.54) is 0 Å². The van der Waals surface area contributed by atoms with Gasteiger partial charge in [0.25, 0.3) is 5.91 Å². The Morgan fingerprint density at radius 2 is 1.88 bits per heavy atom. The highest BCUT2D eigenvalue weighted by Crippen LogP contribution is 2.45. The summed E-state index contributed by atoms with van der Waals surface area (Å²) in [5, 5.41) is 22.0. The Kier molecular flexibility index (Phi) is 6.17. The minimum Gasteiger partial charge on any atom is -0.355 e. The van der Waals surface area contributed by atoms with E-state index in [1.54, 1.807) is 52.3 Å². The molecule has 5 aromatic heterocycles. The van der Waals surface area contributed by atoms with Crippen LogP contribution in [0.15, 0.2) is 61.6 Å². The molecule has 1 aliphatic heterocycles. The largest absolute Gasteiger partial charge is 0.355 e. The van der Waals surface area contributed by atoms with Crippen molar-refractivity contribution < 1.29 is 4.79 Å². The number of amides is 1. The summed E-state index contributed by atoms with van der Waals surface area (Å²) in [6.45, 7) is 3.79. The molecular weight excluding hydrogens is 552 g/mol. The van der Waals surface area contributed by atoms with Gasteiger partial charge < -0.3 is 10.2 Å². The lowest BCUT2D eigenvalue weighted by atomic mass is 9.97. The van der Waals surface area contributed by atoms with Gasteiger partial charge in [0.15, 0.2) is 0 Å². The first kappa shape index (κ1) is 26.1. The van der Waals surface area contributed by atoms with Crippen molar-refractivity contribution >= 4 is 28.8 Å². The van der Waals surface area contributed by atoms with Crippen molar-refractivity contribution in [1.29, 1.82) is 5.26 Å². The molecule has 7 rings (SSSR count). The van der Waals surface area contributed by atoms with Crippen molar-refractivity contribution in [1.82, 2.24) is 39.7 Å². The first-order chi connectivity index (χ1) is 20.3. The second-order valence-electron chi connectivity index (χ2n) is 11.5. The van der Waals surface area contributed by atoms with Crippen LogP contribution in [0.2, 0.25) is 5.02 Å². The third-order valence-electron chi connectivity index (χ3n) is 8.40. The Labute approximate surface area is 246 Å². The molecule has 0 radical (unpaired) electrons. The molecule has 1 amide bonds. The van der Waals surface area contributed by atoms with E-state index in [0.717, 1.165) is 48.4 Å². The number of nitrogens with one attached hydrogen (secondary N) is 1. The molecule has 2 fully saturated rings. The molecule has 2 aliphatic rings. The molecule has 1 aliphatic carbocycles. The molecule has 1 unspecified atom stereocenters. The van der Waals surface area contributed by atoms with Gasteiger partial charge in [0.05, 0.1) is 46.6 Å². The molecule has 42 heavy (non-hydrogen) atoms. The molecule has 210 valence electrons. The van der Waals surface area contributed by atoms with Gasteiger partial charge in [0, 0.05) is 61.0 Å². The average Bonchev–Trinajstić information content (AvgIpc) is 3.75. The molecule has 5 aromatic rings. The summed E-state index contributed by atoms with van der Waals surface area (Å²) in [4.78, 5) is 28.9. The van der Waals surface area contributed by atoms with Crippen LogP contribution in [0.3, 0.4) is 0 Å². The van der Waals surface area contributed by atoms with Crippen LogP contribution in [0.1, 0.15) is 35.8 Å². The van der Waals surface area contributed by atoms with Gasteiger partial charge >= 0.3 is 0 Å². The zero-order valence-electron chi connectivity index (χ0n) is 23.1. The number of rotatable bonds is 5. The van der Waals surface area contributed by atoms with Gasteiger partial charge in [0.1, 0.15) is 17.6 Å². The van der Waals surface area contributed by atoms with E-state index >= 15 is 0 Å². The van der Waals surface area contributed by atoms with Gasteiger partial charge in [-0.3, -0.25) is 14.5 Å². The molecule has 1 saturated heterocycles. The molecule has 12 heteroatoms. The Morgan fingerprint density at radius 3 is 2.55 bits per heavy atom. The fourth-order valence-electron chi connectivity index (χ4n) is 6.57. The number of halogens is 1. The van der Waals surface area contributed by atoms with Gasteiger partial charge in [-0.25, -0.2) is 14.5 Å². The van der Waals surface area contributed by atoms with E-state index < -0.39 is 0 Å². The van der Waals surface area contributed by atoms with Crippen LogP contribution in [-0.2, 0) is 7.05 Å². The number of aromatic nitrogens is 7. The zero-order chi connectivity index (χ0) is 29.0. The van der Waals surface area contributed by atoms with Crippen molar-refractivity contribution in [3.63, 3.8) is 0 Å². The van der Waals surface area contributed by atoms with E-state index in [1.807, 2.05) is 25.5 Å². The molecule has 3 atom stereocenters. The Hall–Kier alpha value is -4.82. The van der Waals surface area contributed by atoms with Crippen LogP contribution in [0, 0.1) is 23.2 Å². The number of pyridine rings is 2. The second kappa shape index (κ2) is 9.92. The lowest BCUT2D eigenvalue weighted by Crippen LogP contribution is -2.45. The number of fused-ring (bicyclic) bond motifs is 2. The topological polar surface area (TPSA) is 130 Å². The molecule has 11 nitrogen and oxygen atoms in total. The normalized spacial score (nSPS) is 21.4. The molecule has 0 spiro atoms. The molecule has 0 bridgehead atoms. The van der Waals surface area contributed by atoms with E-state index in [9.17, 15) is 10.1 Å². The minimum absolute atomic E-state index is 0.235. The number of nitrogens with zero attached hydrogens (tertiary/aromatic N) is 9. The van der Waals surface area contributed by atoms with Gasteiger partial charge in [-0.05, 0) is 49.8 Å². The van der Waals surface area contributed by atoms with Crippen LogP contribution >= 0.6 is 11.6 Å². The number of nitriles is 1. The van der Waals surface area contributed by atoms with Crippen LogP contribution in [-0.4, -0.2) is 58.9 Å². The number of hydrogen-bond acceptors (Lipinski definition) is 8. The fourth-order valence-corrected chi connectivity index (χ4v) is 6.77. The number of aryl methyl sites for hydroxylation is 1. The molecule has 0 aromatic carbocycles. The number of hydrogen-bond donors (Lipinski definition) is 1. The maximum Gasteiger partial charge on any atom is 0.271 e. The van der Waals surface area contributed by atoms with Crippen LogP contribution < -0.4 is 10.2 Å². The summed E-state index contributed by atoms with van der Waals surface area (Å²) in [6, 6.07) is 7.64. The molecular formula is C30H27ClN10O. The molecule has 6 heterocycles. The lowest BCUT2D eigenvalue weighted by molar-refractivity contribution is 0.0900. The first-order valence-electron chi connectivity index (χ1n) is 13.7. The van der Waals surface area contributed by atoms with Crippen molar-refractivity contribution in [2.75, 3.05) is 18.0 Å². The van der Waals surface area contributed by atoms with Crippen molar-refractivity contribution in [3.8, 4) is 28.5 Å². The fraction of sp³-hybridized carbons (Fsp3) is 0.300. The third kappa shape index (κ3) is 4.54. The van der Waals surface area contributed by atoms with Crippen LogP contribution in [0.25, 0.3) is 27.9 Å². The first-order valence-corrected chi connectivity index (χ1v) is 14.1. The lowest BCUT2D eigenvalue weighted by Gasteiger charge is -2.28. The van der Waals surface area contributed by atoms with Gasteiger partial charge in [0.2, 0.25) is 0 Å². The van der Waals surface area contributed by atoms with E-state index in [4.69, 9.17) is 21.6 Å². The summed E-state index contributed by atoms with van der Waals surface area (Å²) in [6.07, 6.45) is 14.1. The summed E-state index contributed by atoms with van der Waals surface area (Å²) >= 11 is 6.19. The van der Waals surface area contributed by atoms with Gasteiger partial charge in [-0.15, -0.1) is 0 Å². The SMILES string of the molecule is Cn1cc(-c2cc(-c3cnc(N4C[C@@H]5CC(C)(NC(=O)c6ncccc6Cl)C[C@@H]5C4)cn3)c3c(C#N)cnn3c2)cn1. The van der Waals surface area contributed by atoms with Crippen molar-refractivity contribution in [2.24, 2.45) is 18.9 Å².